The lowest BCUT2D eigenvalue weighted by molar-refractivity contribution is -0.116. The van der Waals surface area contributed by atoms with Gasteiger partial charge in [0.15, 0.2) is 11.5 Å². The molecule has 0 aliphatic heterocycles. The predicted octanol–water partition coefficient (Wildman–Crippen LogP) is 3.00. The number of benzene rings is 2. The fourth-order valence-electron chi connectivity index (χ4n) is 3.58. The SMILES string of the molecule is CCOC(=O)c1cccc(NC(=O)Cn2ccn3nc(-c4ccc(OC)c(OC)c4)cc3c2=O)c1. The first-order valence-corrected chi connectivity index (χ1v) is 10.8. The lowest BCUT2D eigenvalue weighted by Gasteiger charge is -2.09. The Morgan fingerprint density at radius 3 is 2.54 bits per heavy atom. The summed E-state index contributed by atoms with van der Waals surface area (Å²) < 4.78 is 18.3. The van der Waals surface area contributed by atoms with Gasteiger partial charge in [-0.1, -0.05) is 6.07 Å². The first kappa shape index (κ1) is 23.6. The molecule has 2 heterocycles. The summed E-state index contributed by atoms with van der Waals surface area (Å²) >= 11 is 0. The third-order valence-corrected chi connectivity index (χ3v) is 5.25. The number of esters is 1. The van der Waals surface area contributed by atoms with Crippen molar-refractivity contribution >= 4 is 23.1 Å². The van der Waals surface area contributed by atoms with Crippen LogP contribution in [0.4, 0.5) is 5.69 Å². The maximum Gasteiger partial charge on any atom is 0.338 e. The van der Waals surface area contributed by atoms with Crippen LogP contribution in [-0.2, 0) is 16.1 Å². The lowest BCUT2D eigenvalue weighted by Crippen LogP contribution is -2.28. The van der Waals surface area contributed by atoms with Gasteiger partial charge in [-0.25, -0.2) is 9.31 Å². The molecule has 1 N–H and O–H groups in total. The molecule has 0 spiro atoms. The van der Waals surface area contributed by atoms with E-state index in [2.05, 4.69) is 10.4 Å². The monoisotopic (exact) mass is 476 g/mol. The van der Waals surface area contributed by atoms with Gasteiger partial charge in [0.1, 0.15) is 12.1 Å². The summed E-state index contributed by atoms with van der Waals surface area (Å²) in [5.74, 6) is 0.234. The van der Waals surface area contributed by atoms with Gasteiger partial charge in [-0.15, -0.1) is 0 Å². The Kier molecular flexibility index (Phi) is 6.81. The molecule has 0 fully saturated rings. The minimum Gasteiger partial charge on any atom is -0.493 e. The van der Waals surface area contributed by atoms with Gasteiger partial charge in [-0.05, 0) is 49.4 Å². The number of carbonyl (C=O) groups excluding carboxylic acids is 2. The van der Waals surface area contributed by atoms with E-state index in [1.807, 2.05) is 6.07 Å². The fraction of sp³-hybridized carbons (Fsp3) is 0.200. The minimum atomic E-state index is -0.476. The molecule has 0 unspecified atom stereocenters. The Hall–Kier alpha value is -4.60. The van der Waals surface area contributed by atoms with E-state index in [1.54, 1.807) is 63.7 Å². The molecular weight excluding hydrogens is 452 g/mol. The second kappa shape index (κ2) is 10.1. The van der Waals surface area contributed by atoms with E-state index in [0.29, 0.717) is 34.0 Å². The average Bonchev–Trinajstić information content (AvgIpc) is 3.31. The van der Waals surface area contributed by atoms with Crippen molar-refractivity contribution in [2.75, 3.05) is 26.1 Å². The van der Waals surface area contributed by atoms with Gasteiger partial charge in [0, 0.05) is 23.6 Å². The number of amides is 1. The summed E-state index contributed by atoms with van der Waals surface area (Å²) in [7, 11) is 3.10. The highest BCUT2D eigenvalue weighted by Crippen LogP contribution is 2.31. The van der Waals surface area contributed by atoms with Crippen molar-refractivity contribution in [1.29, 1.82) is 0 Å². The molecule has 0 saturated carbocycles. The van der Waals surface area contributed by atoms with Crippen LogP contribution >= 0.6 is 0 Å². The number of aromatic nitrogens is 3. The molecule has 1 amide bonds. The standard InChI is InChI=1S/C25H24N4O6/c1-4-35-25(32)17-6-5-7-18(12-17)26-23(30)15-28-10-11-29-20(24(28)31)14-19(27-29)16-8-9-21(33-2)22(13-16)34-3/h5-14H,4,15H2,1-3H3,(H,26,30). The fourth-order valence-corrected chi connectivity index (χ4v) is 3.58. The van der Waals surface area contributed by atoms with Crippen LogP contribution in [0.3, 0.4) is 0 Å². The predicted molar refractivity (Wildman–Crippen MR) is 129 cm³/mol. The lowest BCUT2D eigenvalue weighted by atomic mass is 10.1. The summed E-state index contributed by atoms with van der Waals surface area (Å²) in [5, 5.41) is 7.17. The molecule has 0 aliphatic carbocycles. The van der Waals surface area contributed by atoms with E-state index < -0.39 is 11.9 Å². The number of fused-ring (bicyclic) bond motifs is 1. The zero-order valence-corrected chi connectivity index (χ0v) is 19.5. The Bertz CT molecular complexity index is 1460. The molecule has 0 aliphatic rings. The third kappa shape index (κ3) is 5.01. The van der Waals surface area contributed by atoms with Crippen LogP contribution in [0.15, 0.2) is 65.7 Å². The van der Waals surface area contributed by atoms with E-state index in [-0.39, 0.29) is 18.7 Å². The molecule has 0 bridgehead atoms. The highest BCUT2D eigenvalue weighted by Gasteiger charge is 2.14. The van der Waals surface area contributed by atoms with Crippen molar-refractivity contribution in [1.82, 2.24) is 14.2 Å². The van der Waals surface area contributed by atoms with E-state index >= 15 is 0 Å². The molecule has 0 atom stereocenters. The second-order valence-electron chi connectivity index (χ2n) is 7.51. The van der Waals surface area contributed by atoms with Crippen molar-refractivity contribution in [2.24, 2.45) is 0 Å². The van der Waals surface area contributed by atoms with Crippen LogP contribution < -0.4 is 20.3 Å². The van der Waals surface area contributed by atoms with Crippen LogP contribution in [0.5, 0.6) is 11.5 Å². The zero-order chi connectivity index (χ0) is 24.9. The summed E-state index contributed by atoms with van der Waals surface area (Å²) in [5.41, 5.74) is 2.01. The average molecular weight is 476 g/mol. The summed E-state index contributed by atoms with van der Waals surface area (Å²) in [6, 6.07) is 13.4. The van der Waals surface area contributed by atoms with Gasteiger partial charge in [0.25, 0.3) is 5.56 Å². The van der Waals surface area contributed by atoms with Gasteiger partial charge in [-0.2, -0.15) is 5.10 Å². The molecule has 180 valence electrons. The second-order valence-corrected chi connectivity index (χ2v) is 7.51. The van der Waals surface area contributed by atoms with Gasteiger partial charge in [0.2, 0.25) is 5.91 Å². The molecule has 4 aromatic rings. The van der Waals surface area contributed by atoms with Gasteiger partial charge in [0.05, 0.1) is 32.1 Å². The maximum absolute atomic E-state index is 13.0. The molecular formula is C25H24N4O6. The first-order valence-electron chi connectivity index (χ1n) is 10.8. The highest BCUT2D eigenvalue weighted by molar-refractivity contribution is 5.94. The summed E-state index contributed by atoms with van der Waals surface area (Å²) in [6.07, 6.45) is 3.10. The number of carbonyl (C=O) groups is 2. The van der Waals surface area contributed by atoms with E-state index in [4.69, 9.17) is 14.2 Å². The topological polar surface area (TPSA) is 113 Å². The van der Waals surface area contributed by atoms with E-state index in [9.17, 15) is 14.4 Å². The number of ether oxygens (including phenoxy) is 3. The normalized spacial score (nSPS) is 10.7. The molecule has 10 heteroatoms. The summed E-state index contributed by atoms with van der Waals surface area (Å²) in [6.45, 7) is 1.76. The number of anilines is 1. The molecule has 2 aromatic heterocycles. The molecule has 10 nitrogen and oxygen atoms in total. The summed E-state index contributed by atoms with van der Waals surface area (Å²) in [4.78, 5) is 37.5. The van der Waals surface area contributed by atoms with E-state index in [0.717, 1.165) is 5.56 Å². The number of rotatable bonds is 8. The molecule has 2 aromatic carbocycles. The molecule has 35 heavy (non-hydrogen) atoms. The number of hydrogen-bond acceptors (Lipinski definition) is 7. The number of methoxy groups -OCH3 is 2. The van der Waals surface area contributed by atoms with Crippen LogP contribution in [0.1, 0.15) is 17.3 Å². The largest absolute Gasteiger partial charge is 0.493 e. The Balaban J connectivity index is 1.55. The quantitative estimate of drug-likeness (QED) is 0.389. The molecule has 0 saturated heterocycles. The van der Waals surface area contributed by atoms with Crippen molar-refractivity contribution in [3.05, 3.63) is 76.8 Å². The molecule has 4 rings (SSSR count). The van der Waals surface area contributed by atoms with Gasteiger partial charge >= 0.3 is 5.97 Å². The zero-order valence-electron chi connectivity index (χ0n) is 19.5. The Labute approximate surface area is 200 Å². The smallest absolute Gasteiger partial charge is 0.338 e. The molecule has 0 radical (unpaired) electrons. The van der Waals surface area contributed by atoms with Crippen LogP contribution in [0.25, 0.3) is 16.8 Å². The third-order valence-electron chi connectivity index (χ3n) is 5.25. The maximum atomic E-state index is 13.0. The Morgan fingerprint density at radius 2 is 1.80 bits per heavy atom. The number of hydrogen-bond donors (Lipinski definition) is 1. The van der Waals surface area contributed by atoms with Gasteiger partial charge < -0.3 is 24.1 Å². The first-order chi connectivity index (χ1) is 16.9. The van der Waals surface area contributed by atoms with Crippen LogP contribution in [-0.4, -0.2) is 46.9 Å². The highest BCUT2D eigenvalue weighted by atomic mass is 16.5. The Morgan fingerprint density at radius 1 is 1.00 bits per heavy atom. The van der Waals surface area contributed by atoms with Crippen molar-refractivity contribution in [3.63, 3.8) is 0 Å². The van der Waals surface area contributed by atoms with Crippen LogP contribution in [0.2, 0.25) is 0 Å². The van der Waals surface area contributed by atoms with Gasteiger partial charge in [-0.3, -0.25) is 9.59 Å². The van der Waals surface area contributed by atoms with Crippen molar-refractivity contribution < 1.29 is 23.8 Å². The van der Waals surface area contributed by atoms with Crippen molar-refractivity contribution in [3.8, 4) is 22.8 Å². The minimum absolute atomic E-state index is 0.212. The van der Waals surface area contributed by atoms with E-state index in [1.165, 1.54) is 21.3 Å². The van der Waals surface area contributed by atoms with Crippen LogP contribution in [0, 0.1) is 0 Å². The van der Waals surface area contributed by atoms with Crippen molar-refractivity contribution in [2.45, 2.75) is 13.5 Å². The number of nitrogens with zero attached hydrogens (tertiary/aromatic N) is 3. The number of nitrogens with one attached hydrogen (secondary N) is 1.